The van der Waals surface area contributed by atoms with Gasteiger partial charge in [0, 0.05) is 7.05 Å². The van der Waals surface area contributed by atoms with Crippen LogP contribution < -0.4 is 5.32 Å². The zero-order valence-electron chi connectivity index (χ0n) is 5.65. The van der Waals surface area contributed by atoms with E-state index in [1.54, 1.807) is 7.05 Å². The summed E-state index contributed by atoms with van der Waals surface area (Å²) in [6.07, 6.45) is 0. The summed E-state index contributed by atoms with van der Waals surface area (Å²) in [6.45, 7) is 0.691. The minimum Gasteiger partial charge on any atom is -0.376 e. The lowest BCUT2D eigenvalue weighted by Gasteiger charge is -2.08. The second kappa shape index (κ2) is 3.43. The molecule has 0 radical (unpaired) electrons. The molecular formula is C5H13N3. The Labute approximate surface area is 50.2 Å². The number of rotatable bonds is 2. The van der Waals surface area contributed by atoms with Gasteiger partial charge >= 0.3 is 0 Å². The predicted octanol–water partition coefficient (Wildman–Crippen LogP) is -0.255. The average Bonchev–Trinajstić information content (AvgIpc) is 1.65. The number of hydrogen-bond acceptors (Lipinski definition) is 2. The van der Waals surface area contributed by atoms with Crippen molar-refractivity contribution in [3.63, 3.8) is 0 Å². The Bertz CT molecular complexity index is 77.7. The summed E-state index contributed by atoms with van der Waals surface area (Å²) in [7, 11) is 5.63. The van der Waals surface area contributed by atoms with E-state index in [0.29, 0.717) is 12.4 Å². The van der Waals surface area contributed by atoms with Gasteiger partial charge in [0.2, 0.25) is 0 Å². The Kier molecular flexibility index (Phi) is 3.19. The average molecular weight is 115 g/mol. The zero-order valence-corrected chi connectivity index (χ0v) is 5.65. The third-order valence-corrected chi connectivity index (χ3v) is 0.776. The van der Waals surface area contributed by atoms with Crippen LogP contribution in [0.5, 0.6) is 0 Å². The van der Waals surface area contributed by atoms with Gasteiger partial charge < -0.3 is 10.2 Å². The maximum atomic E-state index is 7.12. The van der Waals surface area contributed by atoms with Crippen molar-refractivity contribution >= 4 is 5.84 Å². The molecule has 0 spiro atoms. The third-order valence-electron chi connectivity index (χ3n) is 0.776. The molecule has 0 atom stereocenters. The summed E-state index contributed by atoms with van der Waals surface area (Å²) < 4.78 is 0. The van der Waals surface area contributed by atoms with Gasteiger partial charge in [0.15, 0.2) is 0 Å². The Morgan fingerprint density at radius 3 is 2.25 bits per heavy atom. The van der Waals surface area contributed by atoms with Crippen LogP contribution in [0, 0.1) is 5.41 Å². The largest absolute Gasteiger partial charge is 0.376 e. The predicted molar refractivity (Wildman–Crippen MR) is 35.3 cm³/mol. The first kappa shape index (κ1) is 7.43. The van der Waals surface area contributed by atoms with Gasteiger partial charge in [-0.15, -0.1) is 0 Å². The maximum absolute atomic E-state index is 7.12. The fourth-order valence-corrected chi connectivity index (χ4v) is 0.395. The maximum Gasteiger partial charge on any atom is 0.107 e. The smallest absolute Gasteiger partial charge is 0.107 e. The van der Waals surface area contributed by atoms with Gasteiger partial charge in [-0.2, -0.15) is 0 Å². The molecule has 0 aliphatic carbocycles. The van der Waals surface area contributed by atoms with Crippen molar-refractivity contribution in [3.8, 4) is 0 Å². The van der Waals surface area contributed by atoms with Crippen molar-refractivity contribution in [2.45, 2.75) is 0 Å². The molecule has 0 unspecified atom stereocenters. The lowest BCUT2D eigenvalue weighted by Crippen LogP contribution is -2.29. The van der Waals surface area contributed by atoms with E-state index in [2.05, 4.69) is 5.32 Å². The highest BCUT2D eigenvalue weighted by molar-refractivity contribution is 5.80. The van der Waals surface area contributed by atoms with Crippen LogP contribution in [0.3, 0.4) is 0 Å². The van der Waals surface area contributed by atoms with E-state index in [1.165, 1.54) is 0 Å². The second-order valence-electron chi connectivity index (χ2n) is 1.97. The van der Waals surface area contributed by atoms with Gasteiger partial charge in [-0.25, -0.2) is 0 Å². The molecular weight excluding hydrogens is 102 g/mol. The Morgan fingerprint density at radius 2 is 2.12 bits per heavy atom. The van der Waals surface area contributed by atoms with Gasteiger partial charge in [0.25, 0.3) is 0 Å². The molecule has 0 bridgehead atoms. The normalized spacial score (nSPS) is 9.50. The minimum absolute atomic E-state index is 0.551. The van der Waals surface area contributed by atoms with Crippen LogP contribution in [0.25, 0.3) is 0 Å². The van der Waals surface area contributed by atoms with Crippen LogP contribution in [0.4, 0.5) is 0 Å². The highest BCUT2D eigenvalue weighted by atomic mass is 15.1. The zero-order chi connectivity index (χ0) is 6.57. The number of nitrogens with one attached hydrogen (secondary N) is 2. The molecule has 3 nitrogen and oxygen atoms in total. The lowest BCUT2D eigenvalue weighted by atomic mass is 10.5. The van der Waals surface area contributed by atoms with Crippen LogP contribution in [0.15, 0.2) is 0 Å². The quantitative estimate of drug-likeness (QED) is 0.384. The summed E-state index contributed by atoms with van der Waals surface area (Å²) in [5.74, 6) is 0.551. The fraction of sp³-hybridized carbons (Fsp3) is 0.800. The summed E-state index contributed by atoms with van der Waals surface area (Å²) in [4.78, 5) is 1.94. The first-order valence-corrected chi connectivity index (χ1v) is 2.56. The molecule has 0 aliphatic rings. The molecule has 0 amide bonds. The Balaban J connectivity index is 3.25. The molecule has 0 aromatic heterocycles. The van der Waals surface area contributed by atoms with Gasteiger partial charge in [0.1, 0.15) is 5.84 Å². The molecule has 0 aromatic carbocycles. The Morgan fingerprint density at radius 1 is 1.62 bits per heavy atom. The van der Waals surface area contributed by atoms with Crippen molar-refractivity contribution in [2.24, 2.45) is 0 Å². The van der Waals surface area contributed by atoms with Crippen molar-refractivity contribution in [3.05, 3.63) is 0 Å². The molecule has 2 N–H and O–H groups in total. The number of likely N-dealkylation sites (N-methyl/N-ethyl adjacent to an activating group) is 2. The SMILES string of the molecule is CNC(=N)CN(C)C. The number of amidine groups is 1. The molecule has 8 heavy (non-hydrogen) atoms. The first-order chi connectivity index (χ1) is 3.66. The van der Waals surface area contributed by atoms with E-state index < -0.39 is 0 Å². The highest BCUT2D eigenvalue weighted by Gasteiger charge is 1.91. The van der Waals surface area contributed by atoms with Crippen molar-refractivity contribution < 1.29 is 0 Å². The molecule has 3 heteroatoms. The van der Waals surface area contributed by atoms with Gasteiger partial charge in [-0.05, 0) is 14.1 Å². The Hall–Kier alpha value is -0.570. The summed E-state index contributed by atoms with van der Waals surface area (Å²) in [5.41, 5.74) is 0. The van der Waals surface area contributed by atoms with Crippen LogP contribution in [0.2, 0.25) is 0 Å². The van der Waals surface area contributed by atoms with E-state index >= 15 is 0 Å². The number of nitrogens with zero attached hydrogens (tertiary/aromatic N) is 1. The molecule has 0 aromatic rings. The van der Waals surface area contributed by atoms with Crippen LogP contribution in [-0.2, 0) is 0 Å². The van der Waals surface area contributed by atoms with Gasteiger partial charge in [0.05, 0.1) is 6.54 Å². The van der Waals surface area contributed by atoms with Crippen LogP contribution >= 0.6 is 0 Å². The third kappa shape index (κ3) is 3.61. The molecule has 0 heterocycles. The standard InChI is InChI=1S/C5H13N3/c1-7-5(6)4-8(2)3/h4H2,1-3H3,(H2,6,7). The van der Waals surface area contributed by atoms with Crippen molar-refractivity contribution in [2.75, 3.05) is 27.7 Å². The van der Waals surface area contributed by atoms with Crippen LogP contribution in [-0.4, -0.2) is 38.4 Å². The van der Waals surface area contributed by atoms with Gasteiger partial charge in [-0.3, -0.25) is 5.41 Å². The molecule has 0 saturated heterocycles. The van der Waals surface area contributed by atoms with E-state index in [0.717, 1.165) is 0 Å². The summed E-state index contributed by atoms with van der Waals surface area (Å²) >= 11 is 0. The fourth-order valence-electron chi connectivity index (χ4n) is 0.395. The molecule has 48 valence electrons. The second-order valence-corrected chi connectivity index (χ2v) is 1.97. The van der Waals surface area contributed by atoms with E-state index in [-0.39, 0.29) is 0 Å². The highest BCUT2D eigenvalue weighted by Crippen LogP contribution is 1.71. The van der Waals surface area contributed by atoms with E-state index in [9.17, 15) is 0 Å². The molecule has 0 aliphatic heterocycles. The van der Waals surface area contributed by atoms with E-state index in [1.807, 2.05) is 19.0 Å². The molecule has 0 fully saturated rings. The van der Waals surface area contributed by atoms with Gasteiger partial charge in [-0.1, -0.05) is 0 Å². The lowest BCUT2D eigenvalue weighted by molar-refractivity contribution is 0.464. The molecule has 0 saturated carbocycles. The molecule has 0 rings (SSSR count). The van der Waals surface area contributed by atoms with Crippen molar-refractivity contribution in [1.82, 2.24) is 10.2 Å². The topological polar surface area (TPSA) is 39.1 Å². The minimum atomic E-state index is 0.551. The van der Waals surface area contributed by atoms with E-state index in [4.69, 9.17) is 5.41 Å². The first-order valence-electron chi connectivity index (χ1n) is 2.56. The van der Waals surface area contributed by atoms with Crippen LogP contribution in [0.1, 0.15) is 0 Å². The summed E-state index contributed by atoms with van der Waals surface area (Å²) in [6, 6.07) is 0. The van der Waals surface area contributed by atoms with Crippen molar-refractivity contribution in [1.29, 1.82) is 5.41 Å². The number of hydrogen-bond donors (Lipinski definition) is 2. The summed E-state index contributed by atoms with van der Waals surface area (Å²) in [5, 5.41) is 9.85. The monoisotopic (exact) mass is 115 g/mol.